The van der Waals surface area contributed by atoms with E-state index in [2.05, 4.69) is 20.9 Å². The number of fused-ring (bicyclic) bond motifs is 1. The van der Waals surface area contributed by atoms with Gasteiger partial charge in [-0.05, 0) is 30.5 Å². The summed E-state index contributed by atoms with van der Waals surface area (Å²) in [6.45, 7) is 0.481. The van der Waals surface area contributed by atoms with Crippen molar-refractivity contribution in [2.45, 2.75) is 37.5 Å². The molecule has 0 aliphatic carbocycles. The topological polar surface area (TPSA) is 117 Å². The standard InChI is InChI=1S/C27H25F3N4O4/c28-27(29,30)20-14-23(33-21-9-5-4-8-19(20)21)26(38)34-22(12-16-6-2-1-3-7-16)25(37)32-18(15-35)13-17-10-11-31-24(17)36/h1-9,14-15,17-18,22H,10-13H2,(H,31,36)(H,32,37)(H,34,38)/t17-,18-,22-/m0/s1. The van der Waals surface area contributed by atoms with Crippen LogP contribution in [-0.2, 0) is 27.0 Å². The molecule has 3 amide bonds. The van der Waals surface area contributed by atoms with Crippen molar-refractivity contribution in [3.05, 3.63) is 77.5 Å². The average molecular weight is 527 g/mol. The first-order valence-corrected chi connectivity index (χ1v) is 12.0. The number of halogens is 3. The molecule has 38 heavy (non-hydrogen) atoms. The number of alkyl halides is 3. The minimum Gasteiger partial charge on any atom is -0.356 e. The third-order valence-electron chi connectivity index (χ3n) is 6.35. The van der Waals surface area contributed by atoms with Gasteiger partial charge in [-0.3, -0.25) is 14.4 Å². The molecule has 198 valence electrons. The minimum absolute atomic E-state index is 0.00755. The molecule has 11 heteroatoms. The van der Waals surface area contributed by atoms with E-state index in [1.165, 1.54) is 24.3 Å². The summed E-state index contributed by atoms with van der Waals surface area (Å²) >= 11 is 0. The molecule has 3 atom stereocenters. The van der Waals surface area contributed by atoms with Crippen LogP contribution in [0.25, 0.3) is 10.9 Å². The van der Waals surface area contributed by atoms with E-state index in [-0.39, 0.29) is 29.7 Å². The van der Waals surface area contributed by atoms with Crippen LogP contribution in [0.3, 0.4) is 0 Å². The van der Waals surface area contributed by atoms with Crippen molar-refractivity contribution in [2.75, 3.05) is 6.54 Å². The van der Waals surface area contributed by atoms with Gasteiger partial charge in [0.1, 0.15) is 18.0 Å². The predicted molar refractivity (Wildman–Crippen MR) is 132 cm³/mol. The summed E-state index contributed by atoms with van der Waals surface area (Å²) in [6, 6.07) is 12.7. The number of hydrogen-bond donors (Lipinski definition) is 3. The van der Waals surface area contributed by atoms with Gasteiger partial charge in [0.25, 0.3) is 5.91 Å². The summed E-state index contributed by atoms with van der Waals surface area (Å²) in [4.78, 5) is 53.9. The molecule has 0 spiro atoms. The monoisotopic (exact) mass is 526 g/mol. The highest BCUT2D eigenvalue weighted by atomic mass is 19.4. The third-order valence-corrected chi connectivity index (χ3v) is 6.35. The molecule has 1 saturated heterocycles. The first-order valence-electron chi connectivity index (χ1n) is 12.0. The minimum atomic E-state index is -4.73. The number of nitrogens with one attached hydrogen (secondary N) is 3. The Morgan fingerprint density at radius 2 is 1.79 bits per heavy atom. The van der Waals surface area contributed by atoms with Crippen molar-refractivity contribution in [3.8, 4) is 0 Å². The predicted octanol–water partition coefficient (Wildman–Crippen LogP) is 2.80. The number of hydrogen-bond acceptors (Lipinski definition) is 5. The fourth-order valence-corrected chi connectivity index (χ4v) is 4.43. The third kappa shape index (κ3) is 6.34. The molecule has 1 aliphatic rings. The van der Waals surface area contributed by atoms with Crippen LogP contribution in [0.4, 0.5) is 13.2 Å². The number of amides is 3. The molecule has 0 bridgehead atoms. The van der Waals surface area contributed by atoms with Gasteiger partial charge in [0.15, 0.2) is 0 Å². The number of para-hydroxylation sites is 1. The molecule has 1 aliphatic heterocycles. The van der Waals surface area contributed by atoms with Gasteiger partial charge in [-0.25, -0.2) is 4.98 Å². The maximum atomic E-state index is 13.7. The Morgan fingerprint density at radius 1 is 1.08 bits per heavy atom. The van der Waals surface area contributed by atoms with Gasteiger partial charge in [0.05, 0.1) is 17.1 Å². The van der Waals surface area contributed by atoms with E-state index in [9.17, 15) is 32.3 Å². The molecule has 2 heterocycles. The second kappa shape index (κ2) is 11.4. The number of aldehydes is 1. The number of carbonyl (C=O) groups excluding carboxylic acids is 4. The molecule has 3 N–H and O–H groups in total. The highest BCUT2D eigenvalue weighted by molar-refractivity contribution is 5.99. The maximum absolute atomic E-state index is 13.7. The van der Waals surface area contributed by atoms with Gasteiger partial charge in [0.2, 0.25) is 11.8 Å². The lowest BCUT2D eigenvalue weighted by atomic mass is 9.98. The SMILES string of the molecule is O=C[C@H](C[C@@H]1CCNC1=O)NC(=O)[C@H](Cc1ccccc1)NC(=O)c1cc(C(F)(F)F)c2ccccc2n1. The summed E-state index contributed by atoms with van der Waals surface area (Å²) in [5.74, 6) is -2.33. The first kappa shape index (κ1) is 26.8. The van der Waals surface area contributed by atoms with Crippen molar-refractivity contribution in [1.82, 2.24) is 20.9 Å². The maximum Gasteiger partial charge on any atom is 0.417 e. The Bertz CT molecular complexity index is 1350. The van der Waals surface area contributed by atoms with Crippen LogP contribution in [-0.4, -0.2) is 47.6 Å². The van der Waals surface area contributed by atoms with Crippen LogP contribution in [0.5, 0.6) is 0 Å². The Kier molecular flexibility index (Phi) is 8.04. The summed E-state index contributed by atoms with van der Waals surface area (Å²) in [5.41, 5.74) is -0.870. The van der Waals surface area contributed by atoms with Crippen molar-refractivity contribution >= 4 is 34.9 Å². The molecule has 1 fully saturated rings. The normalized spacial score (nSPS) is 16.9. The lowest BCUT2D eigenvalue weighted by molar-refractivity contribution is -0.136. The van der Waals surface area contributed by atoms with E-state index in [4.69, 9.17) is 0 Å². The molecule has 0 unspecified atom stereocenters. The molecular weight excluding hydrogens is 501 g/mol. The molecule has 3 aromatic rings. The van der Waals surface area contributed by atoms with Crippen molar-refractivity contribution in [3.63, 3.8) is 0 Å². The fourth-order valence-electron chi connectivity index (χ4n) is 4.43. The fraction of sp³-hybridized carbons (Fsp3) is 0.296. The number of nitrogens with zero attached hydrogens (tertiary/aromatic N) is 1. The van der Waals surface area contributed by atoms with Crippen molar-refractivity contribution < 1.29 is 32.3 Å². The van der Waals surface area contributed by atoms with Crippen LogP contribution in [0, 0.1) is 5.92 Å². The Labute approximate surface area is 216 Å². The zero-order valence-electron chi connectivity index (χ0n) is 20.1. The highest BCUT2D eigenvalue weighted by Gasteiger charge is 2.35. The van der Waals surface area contributed by atoms with Gasteiger partial charge >= 0.3 is 6.18 Å². The van der Waals surface area contributed by atoms with Crippen LogP contribution < -0.4 is 16.0 Å². The lowest BCUT2D eigenvalue weighted by Crippen LogP contribution is -2.51. The van der Waals surface area contributed by atoms with Gasteiger partial charge < -0.3 is 20.7 Å². The highest BCUT2D eigenvalue weighted by Crippen LogP contribution is 2.34. The van der Waals surface area contributed by atoms with E-state index in [0.29, 0.717) is 30.9 Å². The van der Waals surface area contributed by atoms with Crippen LogP contribution >= 0.6 is 0 Å². The van der Waals surface area contributed by atoms with Crippen LogP contribution in [0.2, 0.25) is 0 Å². The largest absolute Gasteiger partial charge is 0.417 e. The molecule has 2 aromatic carbocycles. The summed E-state index contributed by atoms with van der Waals surface area (Å²) in [6.07, 6.45) is -3.59. The lowest BCUT2D eigenvalue weighted by Gasteiger charge is -2.22. The summed E-state index contributed by atoms with van der Waals surface area (Å²) in [7, 11) is 0. The second-order valence-corrected chi connectivity index (χ2v) is 9.05. The Hall–Kier alpha value is -4.28. The molecule has 0 saturated carbocycles. The number of pyridine rings is 1. The number of benzene rings is 2. The van der Waals surface area contributed by atoms with Gasteiger partial charge in [-0.15, -0.1) is 0 Å². The zero-order chi connectivity index (χ0) is 27.3. The van der Waals surface area contributed by atoms with Gasteiger partial charge in [-0.2, -0.15) is 13.2 Å². The summed E-state index contributed by atoms with van der Waals surface area (Å²) < 4.78 is 41.2. The Morgan fingerprint density at radius 3 is 2.45 bits per heavy atom. The van der Waals surface area contributed by atoms with E-state index in [1.54, 1.807) is 30.3 Å². The number of carbonyl (C=O) groups is 4. The van der Waals surface area contributed by atoms with E-state index in [0.717, 1.165) is 0 Å². The molecule has 8 nitrogen and oxygen atoms in total. The van der Waals surface area contributed by atoms with E-state index in [1.807, 2.05) is 0 Å². The first-order chi connectivity index (χ1) is 18.2. The van der Waals surface area contributed by atoms with Gasteiger partial charge in [0, 0.05) is 24.3 Å². The van der Waals surface area contributed by atoms with Crippen molar-refractivity contribution in [1.29, 1.82) is 0 Å². The summed E-state index contributed by atoms with van der Waals surface area (Å²) in [5, 5.41) is 7.55. The van der Waals surface area contributed by atoms with Crippen LogP contribution in [0.1, 0.15) is 34.5 Å². The van der Waals surface area contributed by atoms with Crippen molar-refractivity contribution in [2.24, 2.45) is 5.92 Å². The Balaban J connectivity index is 1.58. The zero-order valence-corrected chi connectivity index (χ0v) is 20.1. The van der Waals surface area contributed by atoms with Crippen LogP contribution in [0.15, 0.2) is 60.7 Å². The van der Waals surface area contributed by atoms with E-state index < -0.39 is 47.2 Å². The molecule has 0 radical (unpaired) electrons. The number of rotatable bonds is 9. The smallest absolute Gasteiger partial charge is 0.356 e. The number of aromatic nitrogens is 1. The molecule has 4 rings (SSSR count). The quantitative estimate of drug-likeness (QED) is 0.371. The average Bonchev–Trinajstić information content (AvgIpc) is 3.31. The van der Waals surface area contributed by atoms with E-state index >= 15 is 0 Å². The van der Waals surface area contributed by atoms with Gasteiger partial charge in [-0.1, -0.05) is 48.5 Å². The molecule has 1 aromatic heterocycles. The second-order valence-electron chi connectivity index (χ2n) is 9.05. The molecular formula is C27H25F3N4O4.